The first-order valence-electron chi connectivity index (χ1n) is 22.0. The van der Waals surface area contributed by atoms with Crippen LogP contribution in [0.15, 0.2) is 232 Å². The highest BCUT2D eigenvalue weighted by atomic mass is 32.1. The number of para-hydroxylation sites is 3. The molecule has 14 rings (SSSR count). The Morgan fingerprint density at radius 3 is 1.31 bits per heavy atom. The molecular weight excluding hydrogens is 829 g/mol. The van der Waals surface area contributed by atoms with Gasteiger partial charge in [0, 0.05) is 52.5 Å². The van der Waals surface area contributed by atoms with Crippen LogP contribution in [-0.2, 0) is 0 Å². The average molecular weight is 865 g/mol. The van der Waals surface area contributed by atoms with Crippen LogP contribution in [0.2, 0.25) is 0 Å². The van der Waals surface area contributed by atoms with Gasteiger partial charge in [0.25, 0.3) is 0 Å². The summed E-state index contributed by atoms with van der Waals surface area (Å²) in [6, 6.07) is 79.5. The molecule has 0 fully saturated rings. The normalized spacial score (nSPS) is 12.3. The van der Waals surface area contributed by atoms with E-state index >= 15 is 0 Å². The van der Waals surface area contributed by atoms with Gasteiger partial charge >= 0.3 is 0 Å². The number of hydrogen-bond acceptors (Lipinski definition) is 4. The van der Waals surface area contributed by atoms with Crippen LogP contribution >= 0.6 is 11.3 Å². The van der Waals surface area contributed by atoms with E-state index in [1.807, 2.05) is 35.6 Å². The van der Waals surface area contributed by atoms with Crippen molar-refractivity contribution >= 4 is 126 Å². The first kappa shape index (κ1) is 36.5. The molecule has 0 aliphatic rings. The standard InChI is InChI=1S/C60H36O3SSi/c1-3-13-41(14-4-1)65(42-15-5-2-6-16-42,57-23-11-19-45-49-35-39(27-31-55(49)63-59(45)57)37-25-29-53-47(33-37)43-17-7-9-21-51(43)61-53)58-24-12-20-46-50-36-40(28-32-56(50)64-60(46)58)38-26-30-54-48(34-38)44-18-8-10-22-52(44)62-54/h1-36H. The van der Waals surface area contributed by atoms with Crippen LogP contribution in [0.3, 0.4) is 0 Å². The van der Waals surface area contributed by atoms with Crippen LogP contribution in [-0.4, -0.2) is 8.07 Å². The van der Waals surface area contributed by atoms with Crippen molar-refractivity contribution in [2.75, 3.05) is 0 Å². The van der Waals surface area contributed by atoms with Crippen molar-refractivity contribution in [3.05, 3.63) is 218 Å². The van der Waals surface area contributed by atoms with Crippen LogP contribution in [0, 0.1) is 0 Å². The smallest absolute Gasteiger partial charge is 0.185 e. The van der Waals surface area contributed by atoms with Crippen LogP contribution < -0.4 is 20.7 Å². The summed E-state index contributed by atoms with van der Waals surface area (Å²) >= 11 is 1.90. The predicted molar refractivity (Wildman–Crippen MR) is 276 cm³/mol. The molecule has 0 aliphatic carbocycles. The highest BCUT2D eigenvalue weighted by Gasteiger charge is 2.45. The minimum Gasteiger partial charge on any atom is -0.456 e. The Balaban J connectivity index is 0.993. The molecule has 0 bridgehead atoms. The Morgan fingerprint density at radius 1 is 0.292 bits per heavy atom. The van der Waals surface area contributed by atoms with Gasteiger partial charge in [-0.15, -0.1) is 11.3 Å². The molecule has 10 aromatic carbocycles. The number of hydrogen-bond donors (Lipinski definition) is 0. The van der Waals surface area contributed by atoms with Crippen LogP contribution in [0.25, 0.3) is 108 Å². The summed E-state index contributed by atoms with van der Waals surface area (Å²) in [6.07, 6.45) is 0. The van der Waals surface area contributed by atoms with E-state index in [0.29, 0.717) is 0 Å². The van der Waals surface area contributed by atoms with E-state index in [1.165, 1.54) is 52.0 Å². The fourth-order valence-corrected chi connectivity index (χ4v) is 17.3. The molecule has 14 aromatic rings. The second-order valence-electron chi connectivity index (χ2n) is 17.1. The second-order valence-corrected chi connectivity index (χ2v) is 21.9. The predicted octanol–water partition coefficient (Wildman–Crippen LogP) is 14.5. The average Bonchev–Trinajstić information content (AvgIpc) is 4.15. The van der Waals surface area contributed by atoms with Crippen molar-refractivity contribution in [1.82, 2.24) is 0 Å². The summed E-state index contributed by atoms with van der Waals surface area (Å²) in [5.41, 5.74) is 10.1. The maximum atomic E-state index is 7.16. The Hall–Kier alpha value is -7.96. The van der Waals surface area contributed by atoms with Crippen LogP contribution in [0.1, 0.15) is 0 Å². The Morgan fingerprint density at radius 2 is 0.723 bits per heavy atom. The first-order valence-corrected chi connectivity index (χ1v) is 24.9. The zero-order valence-corrected chi connectivity index (χ0v) is 36.7. The fourth-order valence-electron chi connectivity index (χ4n) is 10.7. The van der Waals surface area contributed by atoms with Crippen molar-refractivity contribution in [3.8, 4) is 22.3 Å². The van der Waals surface area contributed by atoms with Crippen molar-refractivity contribution < 1.29 is 13.3 Å². The van der Waals surface area contributed by atoms with Crippen molar-refractivity contribution in [1.29, 1.82) is 0 Å². The molecule has 0 N–H and O–H groups in total. The van der Waals surface area contributed by atoms with Gasteiger partial charge in [-0.05, 0) is 104 Å². The van der Waals surface area contributed by atoms with Gasteiger partial charge in [-0.1, -0.05) is 158 Å². The molecule has 0 amide bonds. The molecule has 304 valence electrons. The lowest BCUT2D eigenvalue weighted by atomic mass is 10.0. The van der Waals surface area contributed by atoms with Crippen LogP contribution in [0.4, 0.5) is 0 Å². The third-order valence-corrected chi connectivity index (χ3v) is 19.9. The summed E-state index contributed by atoms with van der Waals surface area (Å²) < 4.78 is 22.1. The molecule has 0 saturated carbocycles. The molecule has 4 heterocycles. The quantitative estimate of drug-likeness (QED) is 0.123. The van der Waals surface area contributed by atoms with E-state index in [4.69, 9.17) is 13.3 Å². The van der Waals surface area contributed by atoms with E-state index in [0.717, 1.165) is 76.9 Å². The summed E-state index contributed by atoms with van der Waals surface area (Å²) in [7, 11) is -3.11. The number of rotatable bonds is 6. The molecule has 3 nitrogen and oxygen atoms in total. The van der Waals surface area contributed by atoms with Gasteiger partial charge in [0.15, 0.2) is 8.07 Å². The molecule has 0 unspecified atom stereocenters. The molecule has 0 saturated heterocycles. The number of furan rings is 3. The van der Waals surface area contributed by atoms with Gasteiger partial charge in [-0.3, -0.25) is 0 Å². The van der Waals surface area contributed by atoms with E-state index in [2.05, 4.69) is 194 Å². The minimum absolute atomic E-state index is 0.879. The van der Waals surface area contributed by atoms with Crippen molar-refractivity contribution in [2.45, 2.75) is 0 Å². The number of fused-ring (bicyclic) bond motifs is 12. The summed E-state index contributed by atoms with van der Waals surface area (Å²) in [4.78, 5) is 0. The molecule has 0 spiro atoms. The molecule has 65 heavy (non-hydrogen) atoms. The molecular formula is C60H36O3SSi. The lowest BCUT2D eigenvalue weighted by Gasteiger charge is -2.34. The summed E-state index contributed by atoms with van der Waals surface area (Å²) in [5.74, 6) is 0. The summed E-state index contributed by atoms with van der Waals surface area (Å²) in [6.45, 7) is 0. The fraction of sp³-hybridized carbons (Fsp3) is 0. The van der Waals surface area contributed by atoms with Crippen LogP contribution in [0.5, 0.6) is 0 Å². The molecule has 0 atom stereocenters. The number of benzene rings is 10. The van der Waals surface area contributed by atoms with Crippen molar-refractivity contribution in [2.24, 2.45) is 0 Å². The lowest BCUT2D eigenvalue weighted by molar-refractivity contribution is 0.668. The maximum Gasteiger partial charge on any atom is 0.185 e. The summed E-state index contributed by atoms with van der Waals surface area (Å²) in [5, 5.41) is 14.5. The lowest BCUT2D eigenvalue weighted by Crippen LogP contribution is -2.74. The van der Waals surface area contributed by atoms with Gasteiger partial charge in [-0.25, -0.2) is 0 Å². The Bertz CT molecular complexity index is 3920. The molecule has 4 aromatic heterocycles. The maximum absolute atomic E-state index is 7.16. The zero-order valence-electron chi connectivity index (χ0n) is 34.9. The Kier molecular flexibility index (Phi) is 7.87. The third kappa shape index (κ3) is 5.40. The van der Waals surface area contributed by atoms with Gasteiger partial charge in [0.1, 0.15) is 33.5 Å². The highest BCUT2D eigenvalue weighted by Crippen LogP contribution is 2.40. The highest BCUT2D eigenvalue weighted by molar-refractivity contribution is 7.31. The zero-order chi connectivity index (χ0) is 42.6. The molecule has 0 aliphatic heterocycles. The van der Waals surface area contributed by atoms with E-state index in [1.54, 1.807) is 0 Å². The third-order valence-electron chi connectivity index (χ3n) is 13.6. The first-order chi connectivity index (χ1) is 32.2. The van der Waals surface area contributed by atoms with E-state index in [9.17, 15) is 0 Å². The molecule has 5 heteroatoms. The topological polar surface area (TPSA) is 39.4 Å². The monoisotopic (exact) mass is 864 g/mol. The van der Waals surface area contributed by atoms with E-state index < -0.39 is 8.07 Å². The SMILES string of the molecule is c1ccc([Si](c2ccccc2)(c2cccc3c2oc2ccc(-c4ccc5oc6ccccc6c5c4)cc23)c2cccc3c2sc2ccc(-c4ccc5oc6ccccc6c5c4)cc23)cc1. The number of thiophene rings is 1. The van der Waals surface area contributed by atoms with Gasteiger partial charge < -0.3 is 13.3 Å². The van der Waals surface area contributed by atoms with Gasteiger partial charge in [-0.2, -0.15) is 0 Å². The van der Waals surface area contributed by atoms with E-state index in [-0.39, 0.29) is 0 Å². The second kappa shape index (κ2) is 14.0. The molecule has 0 radical (unpaired) electrons. The van der Waals surface area contributed by atoms with Gasteiger partial charge in [0.05, 0.1) is 0 Å². The minimum atomic E-state index is -3.11. The Labute approximate surface area is 378 Å². The largest absolute Gasteiger partial charge is 0.456 e. The van der Waals surface area contributed by atoms with Crippen molar-refractivity contribution in [3.63, 3.8) is 0 Å². The van der Waals surface area contributed by atoms with Gasteiger partial charge in [0.2, 0.25) is 0 Å².